The maximum atomic E-state index is 13.0. The number of hydrogen-bond donors (Lipinski definition) is 2. The average molecular weight is 382 g/mol. The van der Waals surface area contributed by atoms with Crippen molar-refractivity contribution in [3.8, 4) is 5.75 Å². The van der Waals surface area contributed by atoms with Crippen LogP contribution >= 0.6 is 0 Å². The Morgan fingerprint density at radius 2 is 2.00 bits per heavy atom. The van der Waals surface area contributed by atoms with Gasteiger partial charge in [0.05, 0.1) is 11.5 Å². The van der Waals surface area contributed by atoms with Crippen molar-refractivity contribution in [2.24, 2.45) is 5.92 Å². The Morgan fingerprint density at radius 3 is 2.58 bits per heavy atom. The first kappa shape index (κ1) is 19.7. The molecule has 6 nitrogen and oxygen atoms in total. The molecule has 0 aromatic heterocycles. The predicted octanol–water partition coefficient (Wildman–Crippen LogP) is 3.64. The number of nitrogens with zero attached hydrogens (tertiary/aromatic N) is 1. The lowest BCUT2D eigenvalue weighted by Gasteiger charge is -2.30. The molecule has 1 unspecified atom stereocenters. The molecule has 1 fully saturated rings. The highest BCUT2D eigenvalue weighted by molar-refractivity contribution is 5.90. The molecule has 1 aromatic carbocycles. The minimum Gasteiger partial charge on any atom is -0.481 e. The molecule has 1 aromatic rings. The molecule has 26 heavy (non-hydrogen) atoms. The van der Waals surface area contributed by atoms with Gasteiger partial charge in [0, 0.05) is 18.8 Å². The number of hydrogen-bond acceptors (Lipinski definition) is 3. The molecular weight excluding hydrogens is 367 g/mol. The topological polar surface area (TPSA) is 78.9 Å². The number of carbonyl (C=O) groups is 2. The first-order valence-electron chi connectivity index (χ1n) is 7.52. The van der Waals surface area contributed by atoms with Crippen LogP contribution in [0.5, 0.6) is 5.75 Å². The van der Waals surface area contributed by atoms with E-state index in [0.717, 1.165) is 6.07 Å². The molecule has 1 heterocycles. The van der Waals surface area contributed by atoms with Crippen LogP contribution in [0.1, 0.15) is 18.4 Å². The number of piperidine rings is 1. The van der Waals surface area contributed by atoms with Crippen molar-refractivity contribution < 1.29 is 41.4 Å². The van der Waals surface area contributed by atoms with Crippen molar-refractivity contribution >= 4 is 17.7 Å². The standard InChI is InChI=1S/C15H15F5N2O4/c16-13(17)26-11-4-3-9(6-10(11)15(18,19)20)21-14(25)22-5-1-2-8(7-22)12(23)24/h3-4,6,8,13H,1-2,5,7H2,(H,21,25)(H,23,24). The molecule has 2 amide bonds. The van der Waals surface area contributed by atoms with E-state index in [1.165, 1.54) is 4.90 Å². The number of aliphatic carboxylic acids is 1. The molecule has 0 bridgehead atoms. The van der Waals surface area contributed by atoms with Crippen molar-refractivity contribution in [1.29, 1.82) is 0 Å². The van der Waals surface area contributed by atoms with Gasteiger partial charge in [-0.1, -0.05) is 0 Å². The first-order valence-corrected chi connectivity index (χ1v) is 7.52. The zero-order valence-corrected chi connectivity index (χ0v) is 13.2. The maximum absolute atomic E-state index is 13.0. The van der Waals surface area contributed by atoms with E-state index in [1.807, 2.05) is 0 Å². The van der Waals surface area contributed by atoms with E-state index in [0.29, 0.717) is 25.0 Å². The SMILES string of the molecule is O=C(O)C1CCCN(C(=O)Nc2ccc(OC(F)F)c(C(F)(F)F)c2)C1. The third kappa shape index (κ3) is 4.96. The van der Waals surface area contributed by atoms with Crippen LogP contribution in [0.4, 0.5) is 32.4 Å². The second kappa shape index (κ2) is 7.75. The Kier molecular flexibility index (Phi) is 5.88. The quantitative estimate of drug-likeness (QED) is 0.780. The second-order valence-corrected chi connectivity index (χ2v) is 5.64. The van der Waals surface area contributed by atoms with Crippen LogP contribution < -0.4 is 10.1 Å². The van der Waals surface area contributed by atoms with E-state index in [4.69, 9.17) is 5.11 Å². The van der Waals surface area contributed by atoms with Crippen LogP contribution in [0.2, 0.25) is 0 Å². The van der Waals surface area contributed by atoms with Gasteiger partial charge in [-0.2, -0.15) is 22.0 Å². The zero-order chi connectivity index (χ0) is 19.5. The number of halogens is 5. The normalized spacial score (nSPS) is 17.9. The van der Waals surface area contributed by atoms with E-state index in [-0.39, 0.29) is 18.8 Å². The van der Waals surface area contributed by atoms with Crippen LogP contribution in [0.3, 0.4) is 0 Å². The summed E-state index contributed by atoms with van der Waals surface area (Å²) in [4.78, 5) is 24.3. The van der Waals surface area contributed by atoms with E-state index in [9.17, 15) is 31.5 Å². The lowest BCUT2D eigenvalue weighted by atomic mass is 9.99. The monoisotopic (exact) mass is 382 g/mol. The summed E-state index contributed by atoms with van der Waals surface area (Å²) in [5.74, 6) is -2.87. The predicted molar refractivity (Wildman–Crippen MR) is 79.0 cm³/mol. The van der Waals surface area contributed by atoms with Gasteiger partial charge in [-0.25, -0.2) is 4.79 Å². The number of carboxylic acid groups (broad SMARTS) is 1. The Bertz CT molecular complexity index is 680. The van der Waals surface area contributed by atoms with Gasteiger partial charge < -0.3 is 20.1 Å². The van der Waals surface area contributed by atoms with E-state index in [1.54, 1.807) is 0 Å². The van der Waals surface area contributed by atoms with Gasteiger partial charge in [-0.05, 0) is 31.0 Å². The van der Waals surface area contributed by atoms with E-state index < -0.39 is 42.0 Å². The number of amides is 2. The fraction of sp³-hybridized carbons (Fsp3) is 0.467. The van der Waals surface area contributed by atoms with Gasteiger partial charge in [-0.3, -0.25) is 4.79 Å². The molecule has 0 spiro atoms. The van der Waals surface area contributed by atoms with Gasteiger partial charge >= 0.3 is 24.8 Å². The summed E-state index contributed by atoms with van der Waals surface area (Å²) < 4.78 is 67.3. The summed E-state index contributed by atoms with van der Waals surface area (Å²) in [5, 5.41) is 11.2. The van der Waals surface area contributed by atoms with Crippen LogP contribution in [-0.4, -0.2) is 41.7 Å². The molecule has 0 aliphatic carbocycles. The first-order chi connectivity index (χ1) is 12.1. The number of nitrogens with one attached hydrogen (secondary N) is 1. The lowest BCUT2D eigenvalue weighted by molar-refractivity contribution is -0.143. The van der Waals surface area contributed by atoms with Crippen molar-refractivity contribution in [3.63, 3.8) is 0 Å². The minimum absolute atomic E-state index is 0.0696. The summed E-state index contributed by atoms with van der Waals surface area (Å²) in [7, 11) is 0. The Hall–Kier alpha value is -2.59. The molecule has 144 valence electrons. The zero-order valence-electron chi connectivity index (χ0n) is 13.2. The highest BCUT2D eigenvalue weighted by atomic mass is 19.4. The Labute approximate surface area is 144 Å². The molecule has 1 saturated heterocycles. The van der Waals surface area contributed by atoms with Crippen LogP contribution in [0.15, 0.2) is 18.2 Å². The van der Waals surface area contributed by atoms with Crippen LogP contribution in [0, 0.1) is 5.92 Å². The number of alkyl halides is 5. The number of benzene rings is 1. The van der Waals surface area contributed by atoms with Gasteiger partial charge in [0.2, 0.25) is 0 Å². The summed E-state index contributed by atoms with van der Waals surface area (Å²) in [6.45, 7) is -3.24. The smallest absolute Gasteiger partial charge is 0.420 e. The van der Waals surface area contributed by atoms with Gasteiger partial charge in [0.15, 0.2) is 0 Å². The molecule has 11 heteroatoms. The molecule has 0 radical (unpaired) electrons. The molecule has 1 atom stereocenters. The van der Waals surface area contributed by atoms with Crippen LogP contribution in [-0.2, 0) is 11.0 Å². The summed E-state index contributed by atoms with van der Waals surface area (Å²) in [6.07, 6.45) is -4.12. The molecule has 1 aliphatic rings. The highest BCUT2D eigenvalue weighted by Crippen LogP contribution is 2.38. The highest BCUT2D eigenvalue weighted by Gasteiger charge is 2.36. The van der Waals surface area contributed by atoms with Crippen molar-refractivity contribution in [2.75, 3.05) is 18.4 Å². The molecule has 2 rings (SSSR count). The van der Waals surface area contributed by atoms with Gasteiger partial charge in [0.1, 0.15) is 5.75 Å². The van der Waals surface area contributed by atoms with E-state index >= 15 is 0 Å². The Balaban J connectivity index is 2.16. The van der Waals surface area contributed by atoms with Gasteiger partial charge in [-0.15, -0.1) is 0 Å². The largest absolute Gasteiger partial charge is 0.481 e. The Morgan fingerprint density at radius 1 is 1.31 bits per heavy atom. The fourth-order valence-corrected chi connectivity index (χ4v) is 2.59. The van der Waals surface area contributed by atoms with Crippen molar-refractivity contribution in [3.05, 3.63) is 23.8 Å². The fourth-order valence-electron chi connectivity index (χ4n) is 2.59. The second-order valence-electron chi connectivity index (χ2n) is 5.64. The number of ether oxygens (including phenoxy) is 1. The number of anilines is 1. The molecule has 1 aliphatic heterocycles. The third-order valence-electron chi connectivity index (χ3n) is 3.81. The summed E-state index contributed by atoms with van der Waals surface area (Å²) in [6, 6.07) is 1.38. The maximum Gasteiger partial charge on any atom is 0.420 e. The van der Waals surface area contributed by atoms with Crippen molar-refractivity contribution in [1.82, 2.24) is 4.90 Å². The number of likely N-dealkylation sites (tertiary alicyclic amines) is 1. The van der Waals surface area contributed by atoms with E-state index in [2.05, 4.69) is 10.1 Å². The number of urea groups is 1. The minimum atomic E-state index is -4.97. The number of carbonyl (C=O) groups excluding carboxylic acids is 1. The van der Waals surface area contributed by atoms with Crippen molar-refractivity contribution in [2.45, 2.75) is 25.6 Å². The average Bonchev–Trinajstić information content (AvgIpc) is 2.54. The number of carboxylic acids is 1. The summed E-state index contributed by atoms with van der Waals surface area (Å²) in [5.41, 5.74) is -1.74. The number of rotatable bonds is 4. The van der Waals surface area contributed by atoms with Gasteiger partial charge in [0.25, 0.3) is 0 Å². The molecule has 0 saturated carbocycles. The summed E-state index contributed by atoms with van der Waals surface area (Å²) >= 11 is 0. The lowest BCUT2D eigenvalue weighted by Crippen LogP contribution is -2.44. The third-order valence-corrected chi connectivity index (χ3v) is 3.81. The molecular formula is C15H15F5N2O4. The van der Waals surface area contributed by atoms with Crippen LogP contribution in [0.25, 0.3) is 0 Å². The molecule has 2 N–H and O–H groups in total.